The molecule has 0 aliphatic carbocycles. The van der Waals surface area contributed by atoms with Crippen molar-refractivity contribution in [2.24, 2.45) is 5.92 Å². The highest BCUT2D eigenvalue weighted by molar-refractivity contribution is 7.13. The summed E-state index contributed by atoms with van der Waals surface area (Å²) in [5, 5.41) is 15.7. The fourth-order valence-electron chi connectivity index (χ4n) is 2.76. The lowest BCUT2D eigenvalue weighted by Gasteiger charge is -2.02. The molecule has 0 aliphatic heterocycles. The molecule has 184 valence electrons. The smallest absolute Gasteiger partial charge is 0.187 e. The number of aromatic nitrogens is 5. The number of carbonyl (C=O) groups is 1. The average molecular weight is 486 g/mol. The Bertz CT molecular complexity index is 1150. The first-order valence-electron chi connectivity index (χ1n) is 10.3. The summed E-state index contributed by atoms with van der Waals surface area (Å²) in [6.07, 6.45) is 1.78. The minimum Gasteiger partial charge on any atom is -0.497 e. The number of hydrogen-bond acceptors (Lipinski definition) is 8. The number of methoxy groups -OCH3 is 1. The first-order valence-corrected chi connectivity index (χ1v) is 11.2. The van der Waals surface area contributed by atoms with Gasteiger partial charge >= 0.3 is 0 Å². The average Bonchev–Trinajstić information content (AvgIpc) is 3.53. The van der Waals surface area contributed by atoms with Crippen molar-refractivity contribution in [1.29, 1.82) is 0 Å². The van der Waals surface area contributed by atoms with Gasteiger partial charge in [0.1, 0.15) is 33.6 Å². The van der Waals surface area contributed by atoms with Crippen LogP contribution in [0.5, 0.6) is 5.75 Å². The standard InChI is InChI=1S/C15H16N4OS.C8H11NO2.2CH4/c1-10(2)19-17-13(11-4-6-12(20-3)7-5-11)14(18-19)15-16-8-9-21-15;1-5(2)8(10)7-4-6(3)11-9-7;;/h4-10H,1-3H3;4-5H,1-3H3;2*1H4. The summed E-state index contributed by atoms with van der Waals surface area (Å²) >= 11 is 1.57. The van der Waals surface area contributed by atoms with Crippen LogP contribution in [0.4, 0.5) is 0 Å². The maximum atomic E-state index is 11.2. The summed E-state index contributed by atoms with van der Waals surface area (Å²) in [4.78, 5) is 17.3. The van der Waals surface area contributed by atoms with Gasteiger partial charge in [-0.15, -0.1) is 16.4 Å². The molecule has 0 fully saturated rings. The molecule has 4 rings (SSSR count). The van der Waals surface area contributed by atoms with Crippen LogP contribution in [0.2, 0.25) is 0 Å². The zero-order valence-electron chi connectivity index (χ0n) is 19.1. The lowest BCUT2D eigenvalue weighted by atomic mass is 10.1. The summed E-state index contributed by atoms with van der Waals surface area (Å²) in [5.41, 5.74) is 3.11. The lowest BCUT2D eigenvalue weighted by molar-refractivity contribution is 0.0930. The van der Waals surface area contributed by atoms with Crippen LogP contribution in [0.15, 0.2) is 46.4 Å². The monoisotopic (exact) mass is 485 g/mol. The molecule has 0 aliphatic rings. The topological polar surface area (TPSA) is 95.9 Å². The molecule has 9 heteroatoms. The van der Waals surface area contributed by atoms with Gasteiger partial charge in [-0.05, 0) is 45.0 Å². The van der Waals surface area contributed by atoms with Crippen LogP contribution < -0.4 is 4.74 Å². The Labute approximate surface area is 206 Å². The van der Waals surface area contributed by atoms with E-state index in [1.807, 2.05) is 43.5 Å². The molecule has 3 aromatic heterocycles. The molecule has 0 unspecified atom stereocenters. The van der Waals surface area contributed by atoms with Gasteiger partial charge in [0.05, 0.1) is 13.2 Å². The van der Waals surface area contributed by atoms with E-state index in [-0.39, 0.29) is 32.6 Å². The number of rotatable bonds is 6. The maximum absolute atomic E-state index is 11.2. The SMILES string of the molecule is C.C.COc1ccc(-c2nn(C(C)C)nc2-c2nccs2)cc1.Cc1cc(C(=O)C(C)C)no1. The molecular formula is C25H35N5O3S. The predicted molar refractivity (Wildman–Crippen MR) is 137 cm³/mol. The highest BCUT2D eigenvalue weighted by Gasteiger charge is 2.18. The largest absolute Gasteiger partial charge is 0.497 e. The predicted octanol–water partition coefficient (Wildman–Crippen LogP) is 6.75. The van der Waals surface area contributed by atoms with Crippen molar-refractivity contribution in [3.05, 3.63) is 53.4 Å². The Morgan fingerprint density at radius 2 is 1.71 bits per heavy atom. The minimum atomic E-state index is -0.0144. The first kappa shape index (κ1) is 28.7. The van der Waals surface area contributed by atoms with E-state index in [2.05, 4.69) is 34.2 Å². The third-order valence-corrected chi connectivity index (χ3v) is 5.27. The van der Waals surface area contributed by atoms with E-state index in [4.69, 9.17) is 9.26 Å². The number of nitrogens with zero attached hydrogens (tertiary/aromatic N) is 5. The van der Waals surface area contributed by atoms with Gasteiger partial charge in [-0.3, -0.25) is 4.79 Å². The quantitative estimate of drug-likeness (QED) is 0.279. The highest BCUT2D eigenvalue weighted by Crippen LogP contribution is 2.31. The van der Waals surface area contributed by atoms with E-state index < -0.39 is 0 Å². The van der Waals surface area contributed by atoms with Gasteiger partial charge in [0, 0.05) is 29.1 Å². The van der Waals surface area contributed by atoms with Crippen molar-refractivity contribution in [1.82, 2.24) is 25.1 Å². The number of benzene rings is 1. The number of aryl methyl sites for hydroxylation is 1. The van der Waals surface area contributed by atoms with Gasteiger partial charge < -0.3 is 9.26 Å². The van der Waals surface area contributed by atoms with Crippen molar-refractivity contribution in [2.45, 2.75) is 55.5 Å². The summed E-state index contributed by atoms with van der Waals surface area (Å²) in [6, 6.07) is 9.69. The third kappa shape index (κ3) is 6.84. The Morgan fingerprint density at radius 1 is 1.06 bits per heavy atom. The number of ketones is 1. The maximum Gasteiger partial charge on any atom is 0.187 e. The third-order valence-electron chi connectivity index (χ3n) is 4.49. The van der Waals surface area contributed by atoms with Crippen molar-refractivity contribution < 1.29 is 14.1 Å². The molecule has 1 aromatic carbocycles. The zero-order chi connectivity index (χ0) is 23.3. The Kier molecular flexibility index (Phi) is 10.8. The second-order valence-corrected chi connectivity index (χ2v) is 8.61. The van der Waals surface area contributed by atoms with E-state index in [1.165, 1.54) is 0 Å². The van der Waals surface area contributed by atoms with Gasteiger partial charge in [-0.2, -0.15) is 9.90 Å². The number of carbonyl (C=O) groups excluding carboxylic acids is 1. The Hall–Kier alpha value is -3.33. The number of hydrogen-bond donors (Lipinski definition) is 0. The second kappa shape index (κ2) is 12.8. The van der Waals surface area contributed by atoms with Crippen LogP contribution in [0.1, 0.15) is 64.8 Å². The van der Waals surface area contributed by atoms with E-state index >= 15 is 0 Å². The van der Waals surface area contributed by atoms with Gasteiger partial charge in [-0.25, -0.2) is 4.98 Å². The first-order chi connectivity index (χ1) is 15.3. The molecule has 0 spiro atoms. The molecule has 0 amide bonds. The summed E-state index contributed by atoms with van der Waals surface area (Å²) in [6.45, 7) is 9.57. The van der Waals surface area contributed by atoms with Gasteiger partial charge in [0.25, 0.3) is 0 Å². The number of Topliss-reactive ketones (excluding diaryl/α,β-unsaturated/α-hetero) is 1. The number of thiazole rings is 1. The van der Waals surface area contributed by atoms with E-state index in [1.54, 1.807) is 42.4 Å². The molecule has 0 saturated heterocycles. The van der Waals surface area contributed by atoms with Crippen molar-refractivity contribution in [3.63, 3.8) is 0 Å². The fourth-order valence-corrected chi connectivity index (χ4v) is 3.38. The molecule has 8 nitrogen and oxygen atoms in total. The Balaban J connectivity index is 0.000000382. The molecule has 0 atom stereocenters. The molecule has 0 saturated carbocycles. The zero-order valence-corrected chi connectivity index (χ0v) is 19.9. The van der Waals surface area contributed by atoms with Crippen LogP contribution in [0.3, 0.4) is 0 Å². The van der Waals surface area contributed by atoms with Gasteiger partial charge in [0.2, 0.25) is 0 Å². The van der Waals surface area contributed by atoms with E-state index in [9.17, 15) is 4.79 Å². The van der Waals surface area contributed by atoms with Crippen molar-refractivity contribution in [2.75, 3.05) is 7.11 Å². The molecule has 0 N–H and O–H groups in total. The highest BCUT2D eigenvalue weighted by atomic mass is 32.1. The molecular weight excluding hydrogens is 450 g/mol. The van der Waals surface area contributed by atoms with Crippen LogP contribution >= 0.6 is 11.3 Å². The van der Waals surface area contributed by atoms with Crippen molar-refractivity contribution >= 4 is 17.1 Å². The summed E-state index contributed by atoms with van der Waals surface area (Å²) in [5.74, 6) is 1.51. The van der Waals surface area contributed by atoms with Gasteiger partial charge in [-0.1, -0.05) is 33.9 Å². The second-order valence-electron chi connectivity index (χ2n) is 7.72. The van der Waals surface area contributed by atoms with Crippen LogP contribution in [-0.4, -0.2) is 38.0 Å². The summed E-state index contributed by atoms with van der Waals surface area (Å²) in [7, 11) is 1.66. The normalized spacial score (nSPS) is 10.2. The number of ether oxygens (including phenoxy) is 1. The van der Waals surface area contributed by atoms with Crippen LogP contribution in [0, 0.1) is 12.8 Å². The molecule has 3 heterocycles. The Morgan fingerprint density at radius 3 is 2.18 bits per heavy atom. The molecule has 34 heavy (non-hydrogen) atoms. The van der Waals surface area contributed by atoms with E-state index in [0.717, 1.165) is 27.7 Å². The minimum absolute atomic E-state index is 0. The van der Waals surface area contributed by atoms with E-state index in [0.29, 0.717) is 11.5 Å². The van der Waals surface area contributed by atoms with Crippen LogP contribution in [0.25, 0.3) is 22.0 Å². The molecule has 0 bridgehead atoms. The van der Waals surface area contributed by atoms with Gasteiger partial charge in [0.15, 0.2) is 5.78 Å². The summed E-state index contributed by atoms with van der Waals surface area (Å²) < 4.78 is 9.96. The molecule has 4 aromatic rings. The lowest BCUT2D eigenvalue weighted by Crippen LogP contribution is -2.07. The van der Waals surface area contributed by atoms with Crippen molar-refractivity contribution in [3.8, 4) is 27.7 Å². The fraction of sp³-hybridized carbons (Fsp3) is 0.400. The molecule has 0 radical (unpaired) electrons. The van der Waals surface area contributed by atoms with Crippen LogP contribution in [-0.2, 0) is 0 Å².